The molecule has 0 bridgehead atoms. The highest BCUT2D eigenvalue weighted by Gasteiger charge is 2.39. The van der Waals surface area contributed by atoms with Gasteiger partial charge in [-0.3, -0.25) is 9.59 Å². The molecule has 412 valence electrons. The Labute approximate surface area is 460 Å². The van der Waals surface area contributed by atoms with E-state index in [2.05, 4.69) is 29.9 Å². The highest BCUT2D eigenvalue weighted by atomic mass is 35.5. The van der Waals surface area contributed by atoms with Crippen molar-refractivity contribution in [3.05, 3.63) is 115 Å². The average Bonchev–Trinajstić information content (AvgIpc) is 3.91. The largest absolute Gasteiger partial charge is 0.484 e. The van der Waals surface area contributed by atoms with Gasteiger partial charge in [-0.2, -0.15) is 0 Å². The van der Waals surface area contributed by atoms with Crippen molar-refractivity contribution >= 4 is 78.3 Å². The Kier molecular flexibility index (Phi) is 22.3. The van der Waals surface area contributed by atoms with Gasteiger partial charge in [0.05, 0.1) is 74.7 Å². The summed E-state index contributed by atoms with van der Waals surface area (Å²) in [6.45, 7) is 4.71. The minimum Gasteiger partial charge on any atom is -0.484 e. The first-order chi connectivity index (χ1) is 35.6. The first kappa shape index (κ1) is 60.4. The summed E-state index contributed by atoms with van der Waals surface area (Å²) in [6, 6.07) is 19.5. The third kappa shape index (κ3) is 16.6. The van der Waals surface area contributed by atoms with Crippen LogP contribution in [-0.4, -0.2) is 158 Å². The molecule has 24 heteroatoms. The second-order valence-corrected chi connectivity index (χ2v) is 24.0. The average molecular weight is 1160 g/mol. The molecule has 0 saturated heterocycles. The predicted octanol–water partition coefficient (Wildman–Crippen LogP) is 6.09. The molecule has 0 fully saturated rings. The quantitative estimate of drug-likeness (QED) is 0.0344. The van der Waals surface area contributed by atoms with Crippen molar-refractivity contribution in [3.8, 4) is 11.5 Å². The molecule has 6 rings (SSSR count). The second kappa shape index (κ2) is 27.7. The number of nitrogens with zero attached hydrogens (tertiary/aromatic N) is 2. The molecule has 2 aliphatic rings. The van der Waals surface area contributed by atoms with E-state index in [-0.39, 0.29) is 113 Å². The fourth-order valence-corrected chi connectivity index (χ4v) is 11.6. The Hall–Kier alpha value is -3.84. The maximum atomic E-state index is 12.9. The number of ether oxygens (including phenoxy) is 6. The summed E-state index contributed by atoms with van der Waals surface area (Å²) in [5.74, 6) is 0.0336. The number of hydrogen-bond donors (Lipinski definition) is 4. The molecule has 18 nitrogen and oxygen atoms in total. The first-order valence-corrected chi connectivity index (χ1v) is 28.8. The Morgan fingerprint density at radius 1 is 0.533 bits per heavy atom. The van der Waals surface area contributed by atoms with Gasteiger partial charge >= 0.3 is 0 Å². The van der Waals surface area contributed by atoms with E-state index in [0.717, 1.165) is 22.3 Å². The van der Waals surface area contributed by atoms with Crippen LogP contribution in [0.3, 0.4) is 0 Å². The van der Waals surface area contributed by atoms with Gasteiger partial charge in [0.15, 0.2) is 0 Å². The standard InChI is InChI=1S/C51H66Cl4N6O12S2/c1-51(2,49(62)56-15-19-68-23-25-70-21-17-58-74(64,65)37-11-7-35(8-12-37)72-47-41-27-33(52)29-43(54)39(41)31-45(47)60(3)4)50(63)57-16-20-69-24-26-71-22-18-59-75(66,67)38-13-9-36(10-14-38)73-48-42-28-34(53)30-44(55)40(42)32-46(48)61(5)6/h7-14,27-30,45-48,58-59H,15-26,31-32H2,1-6H3,(H,56,62)(H,57,63). The van der Waals surface area contributed by atoms with Crippen molar-refractivity contribution < 1.29 is 54.8 Å². The molecule has 0 heterocycles. The smallest absolute Gasteiger partial charge is 0.240 e. The number of fused-ring (bicyclic) bond motifs is 2. The molecule has 2 aliphatic carbocycles. The molecule has 4 N–H and O–H groups in total. The van der Waals surface area contributed by atoms with Gasteiger partial charge in [0.2, 0.25) is 31.9 Å². The summed E-state index contributed by atoms with van der Waals surface area (Å²) in [7, 11) is 0.231. The van der Waals surface area contributed by atoms with Crippen LogP contribution in [-0.2, 0) is 61.4 Å². The van der Waals surface area contributed by atoms with Crippen LogP contribution in [0.15, 0.2) is 82.6 Å². The van der Waals surface area contributed by atoms with Gasteiger partial charge in [-0.05, 0) is 139 Å². The number of nitrogens with one attached hydrogen (secondary N) is 4. The lowest BCUT2D eigenvalue weighted by atomic mass is 9.91. The van der Waals surface area contributed by atoms with E-state index in [1.54, 1.807) is 36.4 Å². The van der Waals surface area contributed by atoms with Crippen LogP contribution in [0.5, 0.6) is 11.5 Å². The van der Waals surface area contributed by atoms with Gasteiger partial charge < -0.3 is 48.9 Å². The van der Waals surface area contributed by atoms with Gasteiger partial charge in [-0.1, -0.05) is 46.4 Å². The Bertz CT molecular complexity index is 2610. The van der Waals surface area contributed by atoms with E-state index < -0.39 is 37.3 Å². The Morgan fingerprint density at radius 2 is 0.867 bits per heavy atom. The fraction of sp³-hybridized carbons (Fsp3) is 0.490. The number of amides is 2. The summed E-state index contributed by atoms with van der Waals surface area (Å²) >= 11 is 25.6. The number of likely N-dealkylation sites (N-methyl/N-ethyl adjacent to an activating group) is 2. The zero-order valence-corrected chi connectivity index (χ0v) is 47.4. The molecule has 4 aromatic carbocycles. The first-order valence-electron chi connectivity index (χ1n) is 24.3. The van der Waals surface area contributed by atoms with Crippen LogP contribution >= 0.6 is 46.4 Å². The highest BCUT2D eigenvalue weighted by molar-refractivity contribution is 7.89. The van der Waals surface area contributed by atoms with Crippen LogP contribution in [0.25, 0.3) is 0 Å². The van der Waals surface area contributed by atoms with Crippen molar-refractivity contribution in [1.82, 2.24) is 29.9 Å². The van der Waals surface area contributed by atoms with Gasteiger partial charge in [0, 0.05) is 57.4 Å². The molecule has 0 spiro atoms. The molecule has 0 aliphatic heterocycles. The van der Waals surface area contributed by atoms with Crippen LogP contribution in [0.1, 0.15) is 48.3 Å². The second-order valence-electron chi connectivity index (χ2n) is 18.8. The van der Waals surface area contributed by atoms with Crippen molar-refractivity contribution in [2.75, 3.05) is 107 Å². The number of sulfonamides is 2. The summed E-state index contributed by atoms with van der Waals surface area (Å²) in [6.07, 6.45) is 0.688. The molecule has 4 unspecified atom stereocenters. The molecule has 4 atom stereocenters. The monoisotopic (exact) mass is 1160 g/mol. The van der Waals surface area contributed by atoms with E-state index in [0.29, 0.717) is 44.4 Å². The number of halogens is 4. The van der Waals surface area contributed by atoms with E-state index in [1.165, 1.54) is 38.1 Å². The number of carbonyl (C=O) groups is 2. The normalized spacial score (nSPS) is 17.5. The maximum absolute atomic E-state index is 12.9. The molecule has 2 amide bonds. The van der Waals surface area contributed by atoms with Gasteiger partial charge in [-0.15, -0.1) is 0 Å². The summed E-state index contributed by atoms with van der Waals surface area (Å²) in [5.41, 5.74) is 2.40. The minimum atomic E-state index is -3.81. The number of carbonyl (C=O) groups excluding carboxylic acids is 2. The third-order valence-electron chi connectivity index (χ3n) is 12.7. The molecule has 0 saturated carbocycles. The number of rotatable bonds is 30. The number of benzene rings is 4. The molecular weight excluding hydrogens is 1090 g/mol. The van der Waals surface area contributed by atoms with Crippen molar-refractivity contribution in [1.29, 1.82) is 0 Å². The SMILES string of the molecule is CN(C)C1Cc2c(Cl)cc(Cl)cc2C1Oc1ccc(S(=O)(=O)NCCOCCOCCNC(=O)C(C)(C)C(=O)NCCOCCOCCNS(=O)(=O)c2ccc(OC3c4cc(Cl)cc(Cl)c4CC3N(C)C)cc2)cc1. The van der Waals surface area contributed by atoms with Crippen molar-refractivity contribution in [2.24, 2.45) is 5.41 Å². The summed E-state index contributed by atoms with van der Waals surface area (Å²) in [5, 5.41) is 7.60. The molecular formula is C51H66Cl4N6O12S2. The maximum Gasteiger partial charge on any atom is 0.240 e. The zero-order chi connectivity index (χ0) is 54.5. The molecule has 4 aromatic rings. The van der Waals surface area contributed by atoms with E-state index in [9.17, 15) is 26.4 Å². The lowest BCUT2D eigenvalue weighted by Gasteiger charge is -2.27. The highest BCUT2D eigenvalue weighted by Crippen LogP contribution is 2.43. The van der Waals surface area contributed by atoms with E-state index in [4.69, 9.17) is 74.8 Å². The lowest BCUT2D eigenvalue weighted by molar-refractivity contribution is -0.141. The number of hydrogen-bond acceptors (Lipinski definition) is 14. The summed E-state index contributed by atoms with van der Waals surface area (Å²) in [4.78, 5) is 29.9. The zero-order valence-electron chi connectivity index (χ0n) is 42.8. The van der Waals surface area contributed by atoms with Gasteiger partial charge in [0.1, 0.15) is 29.1 Å². The van der Waals surface area contributed by atoms with Crippen LogP contribution in [0.2, 0.25) is 20.1 Å². The van der Waals surface area contributed by atoms with Crippen molar-refractivity contribution in [2.45, 2.75) is 60.8 Å². The van der Waals surface area contributed by atoms with Crippen LogP contribution < -0.4 is 29.6 Å². The Morgan fingerprint density at radius 3 is 1.20 bits per heavy atom. The lowest BCUT2D eigenvalue weighted by Crippen LogP contribution is -2.49. The van der Waals surface area contributed by atoms with Gasteiger partial charge in [-0.25, -0.2) is 26.3 Å². The fourth-order valence-electron chi connectivity index (χ4n) is 8.44. The van der Waals surface area contributed by atoms with Gasteiger partial charge in [0.25, 0.3) is 0 Å². The summed E-state index contributed by atoms with van der Waals surface area (Å²) < 4.78 is 91.5. The molecule has 0 aromatic heterocycles. The van der Waals surface area contributed by atoms with E-state index >= 15 is 0 Å². The van der Waals surface area contributed by atoms with E-state index in [1.807, 2.05) is 40.3 Å². The molecule has 0 radical (unpaired) electrons. The molecule has 75 heavy (non-hydrogen) atoms. The topological polar surface area (TPSA) is 212 Å². The minimum absolute atomic E-state index is 0.00891. The van der Waals surface area contributed by atoms with Crippen LogP contribution in [0, 0.1) is 5.41 Å². The Balaban J connectivity index is 0.761. The predicted molar refractivity (Wildman–Crippen MR) is 288 cm³/mol. The third-order valence-corrected chi connectivity index (χ3v) is 16.7. The van der Waals surface area contributed by atoms with Crippen molar-refractivity contribution in [3.63, 3.8) is 0 Å². The van der Waals surface area contributed by atoms with Crippen LogP contribution in [0.4, 0.5) is 0 Å².